The van der Waals surface area contributed by atoms with Gasteiger partial charge in [0.25, 0.3) is 0 Å². The summed E-state index contributed by atoms with van der Waals surface area (Å²) >= 11 is 0. The average Bonchev–Trinajstić information content (AvgIpc) is 3.36. The Balaban J connectivity index is 0.909. The highest BCUT2D eigenvalue weighted by Crippen LogP contribution is 2.70. The highest BCUT2D eigenvalue weighted by Gasteiger charge is 2.63. The second-order valence-corrected chi connectivity index (χ2v) is 21.5. The van der Waals surface area contributed by atoms with Crippen molar-refractivity contribution in [3.8, 4) is 28.7 Å². The molecular formula is C51H68O10. The number of hydrogen-bond donors (Lipinski definition) is 2. The summed E-state index contributed by atoms with van der Waals surface area (Å²) in [5.41, 5.74) is 2.72. The number of carbonyl (C=O) groups excluding carboxylic acids is 3. The quantitative estimate of drug-likeness (QED) is 0.150. The highest BCUT2D eigenvalue weighted by atomic mass is 16.6. The Hall–Kier alpha value is -4.05. The van der Waals surface area contributed by atoms with Crippen molar-refractivity contribution in [3.63, 3.8) is 0 Å². The Morgan fingerprint density at radius 2 is 1.44 bits per heavy atom. The number of ketones is 1. The van der Waals surface area contributed by atoms with Gasteiger partial charge in [-0.05, 0) is 139 Å². The van der Waals surface area contributed by atoms with E-state index >= 15 is 0 Å². The first kappa shape index (κ1) is 43.6. The van der Waals surface area contributed by atoms with Gasteiger partial charge in [-0.1, -0.05) is 66.2 Å². The van der Waals surface area contributed by atoms with Gasteiger partial charge in [-0.3, -0.25) is 14.4 Å². The van der Waals surface area contributed by atoms with Crippen molar-refractivity contribution < 1.29 is 48.3 Å². The fraction of sp³-hybridized carbons (Fsp3) is 0.667. The number of ether oxygens (including phenoxy) is 5. The molecule has 61 heavy (non-hydrogen) atoms. The molecule has 10 heteroatoms. The van der Waals surface area contributed by atoms with Gasteiger partial charge in [0.1, 0.15) is 23.5 Å². The molecule has 8 rings (SSSR count). The predicted molar refractivity (Wildman–Crippen MR) is 231 cm³/mol. The molecule has 2 aromatic carbocycles. The summed E-state index contributed by atoms with van der Waals surface area (Å²) in [5.74, 6) is 0.439. The number of fused-ring (bicyclic) bond motifs is 7. The van der Waals surface area contributed by atoms with Gasteiger partial charge < -0.3 is 33.9 Å². The maximum Gasteiger partial charge on any atom is 0.311 e. The maximum atomic E-state index is 13.5. The summed E-state index contributed by atoms with van der Waals surface area (Å²) in [6.45, 7) is 17.3. The zero-order chi connectivity index (χ0) is 43.9. The van der Waals surface area contributed by atoms with E-state index in [1.165, 1.54) is 63.8 Å². The summed E-state index contributed by atoms with van der Waals surface area (Å²) in [5, 5.41) is 20.9. The fourth-order valence-corrected chi connectivity index (χ4v) is 14.7. The van der Waals surface area contributed by atoms with E-state index in [1.807, 2.05) is 7.11 Å². The lowest BCUT2D eigenvalue weighted by molar-refractivity contribution is -0.178. The molecule has 10 atom stereocenters. The molecule has 0 spiro atoms. The molecular weight excluding hydrogens is 773 g/mol. The van der Waals surface area contributed by atoms with E-state index in [1.54, 1.807) is 17.7 Å². The number of esters is 2. The third kappa shape index (κ3) is 7.24. The Kier molecular flexibility index (Phi) is 11.2. The van der Waals surface area contributed by atoms with Crippen molar-refractivity contribution in [2.24, 2.45) is 50.7 Å². The molecule has 0 aromatic heterocycles. The van der Waals surface area contributed by atoms with Crippen LogP contribution in [0.1, 0.15) is 154 Å². The smallest absolute Gasteiger partial charge is 0.311 e. The first-order valence-corrected chi connectivity index (χ1v) is 22.8. The van der Waals surface area contributed by atoms with Crippen LogP contribution in [0.15, 0.2) is 42.0 Å². The molecule has 4 fully saturated rings. The topological polar surface area (TPSA) is 138 Å². The molecule has 0 saturated heterocycles. The number of Topliss-reactive ketones (excluding diaryl/α,β-unsaturated/α-hetero) is 1. The van der Waals surface area contributed by atoms with E-state index < -0.39 is 23.8 Å². The van der Waals surface area contributed by atoms with Gasteiger partial charge >= 0.3 is 11.9 Å². The number of rotatable bonds is 8. The molecule has 0 bridgehead atoms. The molecule has 5 aliphatic carbocycles. The van der Waals surface area contributed by atoms with Gasteiger partial charge in [0.2, 0.25) is 0 Å². The van der Waals surface area contributed by atoms with Crippen LogP contribution in [0.3, 0.4) is 0 Å². The fourth-order valence-electron chi connectivity index (χ4n) is 14.7. The first-order chi connectivity index (χ1) is 28.8. The van der Waals surface area contributed by atoms with Crippen LogP contribution in [0.4, 0.5) is 0 Å². The third-order valence-corrected chi connectivity index (χ3v) is 17.7. The summed E-state index contributed by atoms with van der Waals surface area (Å²) in [7, 11) is 3.34. The molecule has 0 amide bonds. The minimum atomic E-state index is -0.807. The van der Waals surface area contributed by atoms with Crippen LogP contribution in [0, 0.1) is 50.7 Å². The molecule has 1 heterocycles. The van der Waals surface area contributed by atoms with Crippen LogP contribution in [0.25, 0.3) is 0 Å². The third-order valence-electron chi connectivity index (χ3n) is 17.7. The van der Waals surface area contributed by atoms with Crippen molar-refractivity contribution in [3.05, 3.63) is 53.1 Å². The Morgan fingerprint density at radius 1 is 0.754 bits per heavy atom. The van der Waals surface area contributed by atoms with E-state index in [-0.39, 0.29) is 75.9 Å². The number of carbonyl (C=O) groups is 3. The Bertz CT molecular complexity index is 2100. The molecule has 2 N–H and O–H groups in total. The summed E-state index contributed by atoms with van der Waals surface area (Å²) in [6.07, 6.45) is 12.7. The van der Waals surface area contributed by atoms with Crippen molar-refractivity contribution in [2.45, 2.75) is 150 Å². The molecule has 10 nitrogen and oxygen atoms in total. The van der Waals surface area contributed by atoms with Gasteiger partial charge in [0.05, 0.1) is 32.5 Å². The van der Waals surface area contributed by atoms with E-state index in [2.05, 4.69) is 54.5 Å². The number of allylic oxidation sites excluding steroid dienone is 2. The maximum absolute atomic E-state index is 13.5. The molecule has 0 unspecified atom stereocenters. The molecule has 332 valence electrons. The van der Waals surface area contributed by atoms with Crippen LogP contribution in [0.2, 0.25) is 0 Å². The number of hydrogen-bond acceptors (Lipinski definition) is 10. The average molecular weight is 841 g/mol. The number of methoxy groups -OCH3 is 2. The van der Waals surface area contributed by atoms with Gasteiger partial charge in [-0.25, -0.2) is 0 Å². The van der Waals surface area contributed by atoms with Crippen molar-refractivity contribution >= 4 is 17.7 Å². The molecule has 2 aromatic rings. The second kappa shape index (κ2) is 15.6. The van der Waals surface area contributed by atoms with E-state index in [0.717, 1.165) is 25.7 Å². The molecule has 1 aliphatic heterocycles. The highest BCUT2D eigenvalue weighted by molar-refractivity contribution is 6.03. The zero-order valence-corrected chi connectivity index (χ0v) is 37.9. The number of phenols is 2. The standard InChI is InChI=1S/C51H68O10/c1-47(2)39-20-23-49(5)28-30-11-16-38-48(3,4)42(22-24-50(38,6)31(30)12-17-40(49)51(39,7)25-21-41(47)58-9)61-44(56)19-18-43(55)59-36-15-13-32(52)45-34(54)27-37(60-46(36)45)29-10-14-35(57-8)33(53)26-29/h10-11,13-15,26,31,37-42,52-53H,12,16-25,27-28H2,1-9H3/t31-,37-,38-,39-,40-,41+,42+,49-,50+,51-/m0/s1. The normalized spacial score (nSPS) is 35.9. The minimum Gasteiger partial charge on any atom is -0.507 e. The van der Waals surface area contributed by atoms with Crippen LogP contribution in [0.5, 0.6) is 28.7 Å². The summed E-state index contributed by atoms with van der Waals surface area (Å²) in [6, 6.07) is 7.33. The lowest BCUT2D eigenvalue weighted by Gasteiger charge is -2.64. The lowest BCUT2D eigenvalue weighted by Crippen LogP contribution is -2.58. The van der Waals surface area contributed by atoms with E-state index in [4.69, 9.17) is 23.7 Å². The number of aromatic hydroxyl groups is 2. The van der Waals surface area contributed by atoms with Gasteiger partial charge in [-0.15, -0.1) is 0 Å². The first-order valence-electron chi connectivity index (χ1n) is 22.8. The van der Waals surface area contributed by atoms with E-state index in [0.29, 0.717) is 46.2 Å². The molecule has 4 saturated carbocycles. The van der Waals surface area contributed by atoms with Gasteiger partial charge in [0.15, 0.2) is 28.8 Å². The minimum absolute atomic E-state index is 0.0395. The van der Waals surface area contributed by atoms with Gasteiger partial charge in [-0.2, -0.15) is 0 Å². The summed E-state index contributed by atoms with van der Waals surface area (Å²) in [4.78, 5) is 39.9. The predicted octanol–water partition coefficient (Wildman–Crippen LogP) is 10.9. The SMILES string of the molecule is COc1ccc([C@@H]2CC(=O)c3c(O)ccc(OC(=O)CCC(=O)O[C@@H]4CC[C@]5(C)[C@H]6CC[C@H]7[C@@](C)(CC[C@H]8C(C)(C)[C@H](OC)CC[C@@]87C)CC6=CC[C@H]5C4(C)C)c3O2)cc1O. The zero-order valence-electron chi connectivity index (χ0n) is 37.9. The van der Waals surface area contributed by atoms with Crippen LogP contribution >= 0.6 is 0 Å². The lowest BCUT2D eigenvalue weighted by atomic mass is 9.42. The molecule has 0 radical (unpaired) electrons. The number of benzene rings is 2. The Morgan fingerprint density at radius 3 is 2.16 bits per heavy atom. The van der Waals surface area contributed by atoms with Crippen LogP contribution < -0.4 is 14.2 Å². The Labute approximate surface area is 362 Å². The van der Waals surface area contributed by atoms with Crippen LogP contribution in [-0.2, 0) is 19.1 Å². The van der Waals surface area contributed by atoms with Crippen molar-refractivity contribution in [1.82, 2.24) is 0 Å². The van der Waals surface area contributed by atoms with Crippen LogP contribution in [-0.4, -0.2) is 54.4 Å². The monoisotopic (exact) mass is 840 g/mol. The van der Waals surface area contributed by atoms with Crippen molar-refractivity contribution in [1.29, 1.82) is 0 Å². The molecule has 6 aliphatic rings. The second-order valence-electron chi connectivity index (χ2n) is 21.5. The van der Waals surface area contributed by atoms with Gasteiger partial charge in [0, 0.05) is 12.5 Å². The van der Waals surface area contributed by atoms with Crippen molar-refractivity contribution in [2.75, 3.05) is 14.2 Å². The number of phenolic OH excluding ortho intramolecular Hbond substituents is 2. The van der Waals surface area contributed by atoms with E-state index in [9.17, 15) is 24.6 Å². The summed E-state index contributed by atoms with van der Waals surface area (Å²) < 4.78 is 29.3. The largest absolute Gasteiger partial charge is 0.507 e.